The highest BCUT2D eigenvalue weighted by Crippen LogP contribution is 2.39. The van der Waals surface area contributed by atoms with Crippen LogP contribution >= 0.6 is 11.6 Å². The number of rotatable bonds is 4. The van der Waals surface area contributed by atoms with E-state index in [0.29, 0.717) is 17.3 Å². The minimum Gasteiger partial charge on any atom is -0.309 e. The number of aryl methyl sites for hydroxylation is 1. The van der Waals surface area contributed by atoms with Gasteiger partial charge < -0.3 is 5.32 Å². The van der Waals surface area contributed by atoms with Gasteiger partial charge in [-0.3, -0.25) is 9.48 Å². The number of halogens is 1. The lowest BCUT2D eigenvalue weighted by Crippen LogP contribution is -2.23. The van der Waals surface area contributed by atoms with Gasteiger partial charge in [0.05, 0.1) is 16.9 Å². The summed E-state index contributed by atoms with van der Waals surface area (Å²) in [6.07, 6.45) is 5.14. The van der Waals surface area contributed by atoms with Crippen LogP contribution in [0, 0.1) is 6.92 Å². The van der Waals surface area contributed by atoms with E-state index in [1.165, 1.54) is 0 Å². The van der Waals surface area contributed by atoms with Crippen LogP contribution < -0.4 is 5.32 Å². The first kappa shape index (κ1) is 16.8. The Labute approximate surface area is 156 Å². The number of benzene rings is 1. The Morgan fingerprint density at radius 3 is 2.92 bits per heavy atom. The fourth-order valence-corrected chi connectivity index (χ4v) is 3.76. The van der Waals surface area contributed by atoms with Crippen LogP contribution in [0.25, 0.3) is 5.69 Å². The molecule has 0 fully saturated rings. The van der Waals surface area contributed by atoms with E-state index < -0.39 is 0 Å². The van der Waals surface area contributed by atoms with Crippen molar-refractivity contribution in [3.05, 3.63) is 58.5 Å². The van der Waals surface area contributed by atoms with E-state index in [4.69, 9.17) is 11.6 Å². The molecule has 7 heteroatoms. The molecule has 1 aliphatic heterocycles. The molecule has 1 N–H and O–H groups in total. The zero-order valence-electron chi connectivity index (χ0n) is 14.7. The zero-order valence-corrected chi connectivity index (χ0v) is 15.5. The first-order valence-corrected chi connectivity index (χ1v) is 9.13. The highest BCUT2D eigenvalue weighted by Gasteiger charge is 2.32. The first-order valence-electron chi connectivity index (χ1n) is 8.75. The predicted octanol–water partition coefficient (Wildman–Crippen LogP) is 3.91. The topological polar surface area (TPSA) is 64.7 Å². The maximum atomic E-state index is 12.2. The smallest absolute Gasteiger partial charge is 0.226 e. The third-order valence-electron chi connectivity index (χ3n) is 4.79. The molecule has 0 saturated carbocycles. The Bertz CT molecular complexity index is 974. The van der Waals surface area contributed by atoms with Crippen LogP contribution in [0.15, 0.2) is 36.7 Å². The van der Waals surface area contributed by atoms with E-state index in [0.717, 1.165) is 35.5 Å². The van der Waals surface area contributed by atoms with Crippen molar-refractivity contribution >= 4 is 23.3 Å². The lowest BCUT2D eigenvalue weighted by Gasteiger charge is -2.21. The van der Waals surface area contributed by atoms with Gasteiger partial charge in [-0.05, 0) is 31.0 Å². The van der Waals surface area contributed by atoms with Crippen LogP contribution in [0.2, 0.25) is 5.02 Å². The average Bonchev–Trinajstić information content (AvgIpc) is 3.21. The fourth-order valence-electron chi connectivity index (χ4n) is 3.54. The molecular formula is C19H20ClN5O. The maximum Gasteiger partial charge on any atom is 0.226 e. The first-order chi connectivity index (χ1) is 12.6. The second kappa shape index (κ2) is 6.61. The number of nitrogens with zero attached hydrogens (tertiary/aromatic N) is 4. The second-order valence-electron chi connectivity index (χ2n) is 6.55. The molecule has 26 heavy (non-hydrogen) atoms. The van der Waals surface area contributed by atoms with Gasteiger partial charge in [0.25, 0.3) is 0 Å². The van der Waals surface area contributed by atoms with Crippen LogP contribution in [0.3, 0.4) is 0 Å². The summed E-state index contributed by atoms with van der Waals surface area (Å²) in [5.41, 5.74) is 3.98. The highest BCUT2D eigenvalue weighted by atomic mass is 35.5. The van der Waals surface area contributed by atoms with Crippen LogP contribution in [-0.4, -0.2) is 25.5 Å². The molecule has 1 atom stereocenters. The molecule has 134 valence electrons. The number of para-hydroxylation sites is 1. The summed E-state index contributed by atoms with van der Waals surface area (Å²) < 4.78 is 3.73. The Morgan fingerprint density at radius 1 is 1.35 bits per heavy atom. The molecule has 1 aliphatic rings. The monoisotopic (exact) mass is 369 g/mol. The molecule has 0 aliphatic carbocycles. The molecule has 0 spiro atoms. The minimum atomic E-state index is -0.0550. The van der Waals surface area contributed by atoms with Gasteiger partial charge in [0.15, 0.2) is 5.82 Å². The largest absolute Gasteiger partial charge is 0.309 e. The van der Waals surface area contributed by atoms with Crippen LogP contribution in [0.4, 0.5) is 5.82 Å². The van der Waals surface area contributed by atoms with Crippen molar-refractivity contribution in [2.45, 2.75) is 39.2 Å². The van der Waals surface area contributed by atoms with Gasteiger partial charge in [-0.2, -0.15) is 10.2 Å². The predicted molar refractivity (Wildman–Crippen MR) is 101 cm³/mol. The van der Waals surface area contributed by atoms with Gasteiger partial charge in [0.2, 0.25) is 5.91 Å². The van der Waals surface area contributed by atoms with E-state index >= 15 is 0 Å². The van der Waals surface area contributed by atoms with Crippen molar-refractivity contribution in [2.75, 3.05) is 5.32 Å². The Morgan fingerprint density at radius 2 is 2.15 bits per heavy atom. The Kier molecular flexibility index (Phi) is 4.28. The standard InChI is InChI=1S/C19H20ClN5O/c1-3-8-24-12(2)18-14(9-17(26)22-19(18)23-24)13-10-21-25(11-13)16-7-5-4-6-15(16)20/h4-7,10-11,14H,3,8-9H2,1-2H3,(H,22,23,26). The van der Waals surface area contributed by atoms with Crippen LogP contribution in [-0.2, 0) is 11.3 Å². The van der Waals surface area contributed by atoms with Crippen LogP contribution in [0.1, 0.15) is 42.5 Å². The summed E-state index contributed by atoms with van der Waals surface area (Å²) in [5, 5.41) is 12.6. The van der Waals surface area contributed by atoms with E-state index in [9.17, 15) is 4.79 Å². The summed E-state index contributed by atoms with van der Waals surface area (Å²) in [4.78, 5) is 12.2. The van der Waals surface area contributed by atoms with Crippen molar-refractivity contribution in [1.82, 2.24) is 19.6 Å². The number of amides is 1. The third-order valence-corrected chi connectivity index (χ3v) is 5.11. The summed E-state index contributed by atoms with van der Waals surface area (Å²) in [6, 6.07) is 7.57. The fraction of sp³-hybridized carbons (Fsp3) is 0.316. The second-order valence-corrected chi connectivity index (χ2v) is 6.95. The number of aromatic nitrogens is 4. The van der Waals surface area contributed by atoms with Crippen molar-refractivity contribution in [1.29, 1.82) is 0 Å². The van der Waals surface area contributed by atoms with Gasteiger partial charge in [0, 0.05) is 36.3 Å². The molecule has 0 radical (unpaired) electrons. The SMILES string of the molecule is CCCn1nc2c(c1C)C(c1cnn(-c3ccccc3Cl)c1)CC(=O)N2. The van der Waals surface area contributed by atoms with Gasteiger partial charge >= 0.3 is 0 Å². The van der Waals surface area contributed by atoms with Crippen molar-refractivity contribution in [2.24, 2.45) is 0 Å². The van der Waals surface area contributed by atoms with Gasteiger partial charge in [0.1, 0.15) is 0 Å². The lowest BCUT2D eigenvalue weighted by molar-refractivity contribution is -0.116. The number of anilines is 1. The molecule has 4 rings (SSSR count). The third kappa shape index (κ3) is 2.80. The average molecular weight is 370 g/mol. The van der Waals surface area contributed by atoms with Crippen molar-refractivity contribution in [3.63, 3.8) is 0 Å². The summed E-state index contributed by atoms with van der Waals surface area (Å²) in [6.45, 7) is 5.01. The van der Waals surface area contributed by atoms with Gasteiger partial charge in [-0.25, -0.2) is 4.68 Å². The number of fused-ring (bicyclic) bond motifs is 1. The van der Waals surface area contributed by atoms with Gasteiger partial charge in [-0.1, -0.05) is 30.7 Å². The summed E-state index contributed by atoms with van der Waals surface area (Å²) in [7, 11) is 0. The van der Waals surface area contributed by atoms with Crippen molar-refractivity contribution in [3.8, 4) is 5.69 Å². The zero-order chi connectivity index (χ0) is 18.3. The highest BCUT2D eigenvalue weighted by molar-refractivity contribution is 6.32. The normalized spacial score (nSPS) is 16.4. The van der Waals surface area contributed by atoms with E-state index in [-0.39, 0.29) is 11.8 Å². The Hall–Kier alpha value is -2.60. The number of hydrogen-bond acceptors (Lipinski definition) is 3. The van der Waals surface area contributed by atoms with Crippen molar-refractivity contribution < 1.29 is 4.79 Å². The summed E-state index contributed by atoms with van der Waals surface area (Å²) in [5.74, 6) is 0.595. The summed E-state index contributed by atoms with van der Waals surface area (Å²) >= 11 is 6.28. The maximum absolute atomic E-state index is 12.2. The molecule has 1 amide bonds. The number of carbonyl (C=O) groups excluding carboxylic acids is 1. The minimum absolute atomic E-state index is 0.0193. The molecular weight excluding hydrogens is 350 g/mol. The molecule has 1 aromatic carbocycles. The molecule has 3 heterocycles. The van der Waals surface area contributed by atoms with E-state index in [1.807, 2.05) is 41.3 Å². The molecule has 3 aromatic rings. The molecule has 1 unspecified atom stereocenters. The van der Waals surface area contributed by atoms with E-state index in [2.05, 4.69) is 29.4 Å². The molecule has 2 aromatic heterocycles. The number of hydrogen-bond donors (Lipinski definition) is 1. The number of nitrogens with one attached hydrogen (secondary N) is 1. The van der Waals surface area contributed by atoms with E-state index in [1.54, 1.807) is 4.68 Å². The number of carbonyl (C=O) groups is 1. The van der Waals surface area contributed by atoms with Crippen LogP contribution in [0.5, 0.6) is 0 Å². The molecule has 0 bridgehead atoms. The quantitative estimate of drug-likeness (QED) is 0.758. The molecule has 0 saturated heterocycles. The van der Waals surface area contributed by atoms with Gasteiger partial charge in [-0.15, -0.1) is 0 Å². The lowest BCUT2D eigenvalue weighted by atomic mass is 9.87. The Balaban J connectivity index is 1.76. The molecule has 6 nitrogen and oxygen atoms in total.